The highest BCUT2D eigenvalue weighted by Gasteiger charge is 2.12. The van der Waals surface area contributed by atoms with E-state index in [-0.39, 0.29) is 11.2 Å². The fourth-order valence-corrected chi connectivity index (χ4v) is 2.60. The number of aromatic nitrogens is 2. The molecule has 0 saturated carbocycles. The average Bonchev–Trinajstić information content (AvgIpc) is 2.57. The summed E-state index contributed by atoms with van der Waals surface area (Å²) >= 11 is 0. The quantitative estimate of drug-likeness (QED) is 0.594. The molecule has 0 saturated heterocycles. The summed E-state index contributed by atoms with van der Waals surface area (Å²) in [5.41, 5.74) is 1.90. The Kier molecular flexibility index (Phi) is 3.89. The zero-order valence-corrected chi connectivity index (χ0v) is 12.7. The van der Waals surface area contributed by atoms with E-state index in [2.05, 4.69) is 4.98 Å². The van der Waals surface area contributed by atoms with Gasteiger partial charge >= 0.3 is 0 Å². The lowest BCUT2D eigenvalue weighted by atomic mass is 10.2. The lowest BCUT2D eigenvalue weighted by Crippen LogP contribution is -2.26. The standard InChI is InChI=1S/C17H16N4O2/c1-2-16-19-15-9-8-13(21(22)23)10-14(15)17(18)20(16)11-12-6-4-3-5-7-12/h3-10,18H,2,11H2,1H3. The first-order valence-electron chi connectivity index (χ1n) is 7.36. The predicted molar refractivity (Wildman–Crippen MR) is 87.2 cm³/mol. The third kappa shape index (κ3) is 2.83. The maximum atomic E-state index is 11.0. The molecule has 0 aliphatic rings. The highest BCUT2D eigenvalue weighted by molar-refractivity contribution is 5.79. The van der Waals surface area contributed by atoms with Crippen LogP contribution in [0.4, 0.5) is 5.69 Å². The number of benzene rings is 2. The smallest absolute Gasteiger partial charge is 0.270 e. The molecular weight excluding hydrogens is 292 g/mol. The minimum absolute atomic E-state index is 0.0247. The van der Waals surface area contributed by atoms with E-state index < -0.39 is 4.92 Å². The number of non-ortho nitro benzene ring substituents is 1. The van der Waals surface area contributed by atoms with E-state index in [0.717, 1.165) is 11.4 Å². The summed E-state index contributed by atoms with van der Waals surface area (Å²) in [4.78, 5) is 15.1. The Labute approximate surface area is 132 Å². The third-order valence-electron chi connectivity index (χ3n) is 3.78. The van der Waals surface area contributed by atoms with E-state index in [4.69, 9.17) is 5.41 Å². The van der Waals surface area contributed by atoms with Crippen molar-refractivity contribution >= 4 is 16.6 Å². The SMILES string of the molecule is CCc1nc2ccc([N+](=O)[O-])cc2c(=N)n1Cc1ccccc1. The highest BCUT2D eigenvalue weighted by Crippen LogP contribution is 2.17. The van der Waals surface area contributed by atoms with Crippen molar-refractivity contribution in [2.24, 2.45) is 0 Å². The number of fused-ring (bicyclic) bond motifs is 1. The number of nitrogens with one attached hydrogen (secondary N) is 1. The second kappa shape index (κ2) is 6.00. The largest absolute Gasteiger partial charge is 0.310 e. The molecule has 1 aromatic heterocycles. The maximum absolute atomic E-state index is 11.0. The first kappa shape index (κ1) is 14.9. The van der Waals surface area contributed by atoms with E-state index >= 15 is 0 Å². The molecule has 0 aliphatic carbocycles. The number of nitrogens with zero attached hydrogens (tertiary/aromatic N) is 3. The van der Waals surface area contributed by atoms with Crippen LogP contribution in [0.2, 0.25) is 0 Å². The van der Waals surface area contributed by atoms with Crippen LogP contribution in [0.15, 0.2) is 48.5 Å². The molecule has 1 N–H and O–H groups in total. The molecule has 0 spiro atoms. The molecule has 3 aromatic rings. The van der Waals surface area contributed by atoms with E-state index in [1.165, 1.54) is 12.1 Å². The van der Waals surface area contributed by atoms with Gasteiger partial charge in [0, 0.05) is 23.9 Å². The zero-order valence-electron chi connectivity index (χ0n) is 12.7. The van der Waals surface area contributed by atoms with Crippen LogP contribution in [-0.4, -0.2) is 14.5 Å². The fraction of sp³-hybridized carbons (Fsp3) is 0.176. The van der Waals surface area contributed by atoms with Gasteiger partial charge in [-0.1, -0.05) is 37.3 Å². The maximum Gasteiger partial charge on any atom is 0.270 e. The second-order valence-electron chi connectivity index (χ2n) is 5.26. The minimum atomic E-state index is -0.450. The Morgan fingerprint density at radius 2 is 1.96 bits per heavy atom. The van der Waals surface area contributed by atoms with Crippen LogP contribution >= 0.6 is 0 Å². The summed E-state index contributed by atoms with van der Waals surface area (Å²) in [6, 6.07) is 14.3. The molecule has 0 unspecified atom stereocenters. The topological polar surface area (TPSA) is 84.8 Å². The van der Waals surface area contributed by atoms with Crippen molar-refractivity contribution in [1.82, 2.24) is 9.55 Å². The summed E-state index contributed by atoms with van der Waals surface area (Å²) in [5.74, 6) is 0.792. The molecule has 0 atom stereocenters. The molecule has 3 rings (SSSR count). The van der Waals surface area contributed by atoms with Crippen molar-refractivity contribution in [2.45, 2.75) is 19.9 Å². The predicted octanol–water partition coefficient (Wildman–Crippen LogP) is 3.03. The van der Waals surface area contributed by atoms with Gasteiger partial charge in [-0.05, 0) is 11.6 Å². The molecule has 6 nitrogen and oxygen atoms in total. The molecule has 0 fully saturated rings. The Balaban J connectivity index is 2.21. The second-order valence-corrected chi connectivity index (χ2v) is 5.26. The molecule has 0 radical (unpaired) electrons. The number of nitro benzene ring substituents is 1. The van der Waals surface area contributed by atoms with Crippen LogP contribution in [0, 0.1) is 15.5 Å². The van der Waals surface area contributed by atoms with Gasteiger partial charge in [-0.2, -0.15) is 0 Å². The van der Waals surface area contributed by atoms with Crippen LogP contribution in [0.5, 0.6) is 0 Å². The molecule has 0 bridgehead atoms. The van der Waals surface area contributed by atoms with Gasteiger partial charge in [0.2, 0.25) is 0 Å². The molecule has 6 heteroatoms. The Hall–Kier alpha value is -3.02. The molecule has 0 amide bonds. The normalized spacial score (nSPS) is 10.8. The molecule has 116 valence electrons. The lowest BCUT2D eigenvalue weighted by Gasteiger charge is -2.14. The van der Waals surface area contributed by atoms with E-state index in [9.17, 15) is 10.1 Å². The van der Waals surface area contributed by atoms with E-state index in [1.54, 1.807) is 10.6 Å². The summed E-state index contributed by atoms with van der Waals surface area (Å²) in [7, 11) is 0. The summed E-state index contributed by atoms with van der Waals surface area (Å²) in [5, 5.41) is 19.9. The third-order valence-corrected chi connectivity index (χ3v) is 3.78. The number of rotatable bonds is 4. The van der Waals surface area contributed by atoms with Crippen LogP contribution < -0.4 is 5.49 Å². The van der Waals surface area contributed by atoms with Crippen LogP contribution in [-0.2, 0) is 13.0 Å². The van der Waals surface area contributed by atoms with E-state index in [0.29, 0.717) is 23.9 Å². The molecule has 1 heterocycles. The minimum Gasteiger partial charge on any atom is -0.310 e. The Morgan fingerprint density at radius 1 is 1.22 bits per heavy atom. The Morgan fingerprint density at radius 3 is 2.61 bits per heavy atom. The summed E-state index contributed by atoms with van der Waals surface area (Å²) in [6.45, 7) is 2.51. The van der Waals surface area contributed by atoms with Crippen LogP contribution in [0.25, 0.3) is 10.9 Å². The first-order valence-corrected chi connectivity index (χ1v) is 7.36. The average molecular weight is 308 g/mol. The number of aryl methyl sites for hydroxylation is 1. The van der Waals surface area contributed by atoms with Crippen molar-refractivity contribution in [3.8, 4) is 0 Å². The summed E-state index contributed by atoms with van der Waals surface area (Å²) < 4.78 is 1.81. The van der Waals surface area contributed by atoms with Crippen molar-refractivity contribution in [3.63, 3.8) is 0 Å². The van der Waals surface area contributed by atoms with Crippen molar-refractivity contribution < 1.29 is 4.92 Å². The van der Waals surface area contributed by atoms with Crippen molar-refractivity contribution in [3.05, 3.63) is 75.5 Å². The van der Waals surface area contributed by atoms with Crippen molar-refractivity contribution in [2.75, 3.05) is 0 Å². The van der Waals surface area contributed by atoms with Crippen LogP contribution in [0.3, 0.4) is 0 Å². The number of hydrogen-bond acceptors (Lipinski definition) is 4. The lowest BCUT2D eigenvalue weighted by molar-refractivity contribution is -0.384. The van der Waals surface area contributed by atoms with Gasteiger partial charge in [0.1, 0.15) is 11.3 Å². The van der Waals surface area contributed by atoms with Crippen molar-refractivity contribution in [1.29, 1.82) is 5.41 Å². The molecule has 2 aromatic carbocycles. The monoisotopic (exact) mass is 308 g/mol. The van der Waals surface area contributed by atoms with Gasteiger partial charge in [0.25, 0.3) is 5.69 Å². The van der Waals surface area contributed by atoms with E-state index in [1.807, 2.05) is 37.3 Å². The number of hydrogen-bond donors (Lipinski definition) is 1. The fourth-order valence-electron chi connectivity index (χ4n) is 2.60. The first-order chi connectivity index (χ1) is 11.1. The zero-order chi connectivity index (χ0) is 16.4. The van der Waals surface area contributed by atoms with Crippen LogP contribution in [0.1, 0.15) is 18.3 Å². The molecular formula is C17H16N4O2. The van der Waals surface area contributed by atoms with Gasteiger partial charge in [-0.15, -0.1) is 0 Å². The van der Waals surface area contributed by atoms with Gasteiger partial charge in [-0.25, -0.2) is 4.98 Å². The van der Waals surface area contributed by atoms with Gasteiger partial charge < -0.3 is 4.57 Å². The highest BCUT2D eigenvalue weighted by atomic mass is 16.6. The van der Waals surface area contributed by atoms with Gasteiger partial charge in [0.05, 0.1) is 17.0 Å². The van der Waals surface area contributed by atoms with Gasteiger partial charge in [-0.3, -0.25) is 15.5 Å². The molecule has 23 heavy (non-hydrogen) atoms. The van der Waals surface area contributed by atoms with Gasteiger partial charge in [0.15, 0.2) is 0 Å². The Bertz CT molecular complexity index is 932. The summed E-state index contributed by atoms with van der Waals surface area (Å²) in [6.07, 6.45) is 0.686. The number of nitro groups is 1. The molecule has 0 aliphatic heterocycles.